The fourth-order valence-electron chi connectivity index (χ4n) is 5.81. The van der Waals surface area contributed by atoms with Gasteiger partial charge in [-0.2, -0.15) is 0 Å². The zero-order valence-corrected chi connectivity index (χ0v) is 20.4. The number of nitrogens with zero attached hydrogens (tertiary/aromatic N) is 3. The van der Waals surface area contributed by atoms with Crippen LogP contribution in [0.4, 0.5) is 10.1 Å². The van der Waals surface area contributed by atoms with E-state index in [0.29, 0.717) is 30.9 Å². The van der Waals surface area contributed by atoms with Crippen LogP contribution in [0.3, 0.4) is 0 Å². The van der Waals surface area contributed by atoms with Gasteiger partial charge in [0, 0.05) is 47.6 Å². The Kier molecular flexibility index (Phi) is 4.92. The molecule has 1 aromatic rings. The summed E-state index contributed by atoms with van der Waals surface area (Å²) in [6.45, 7) is 1.95. The van der Waals surface area contributed by atoms with Crippen LogP contribution in [0.5, 0.6) is 0 Å². The highest BCUT2D eigenvalue weighted by Gasteiger charge is 2.58. The number of nitrogens with one attached hydrogen (secondary N) is 1. The molecule has 8 heteroatoms. The van der Waals surface area contributed by atoms with Gasteiger partial charge in [0.1, 0.15) is 17.2 Å². The zero-order valence-electron chi connectivity index (χ0n) is 19.6. The lowest BCUT2D eigenvalue weighted by atomic mass is 9.94. The molecule has 1 spiro atoms. The van der Waals surface area contributed by atoms with Crippen molar-refractivity contribution in [1.82, 2.24) is 9.80 Å². The van der Waals surface area contributed by atoms with Crippen molar-refractivity contribution in [3.63, 3.8) is 0 Å². The molecule has 3 atom stereocenters. The molecule has 6 aliphatic rings. The number of carbonyl (C=O) groups is 2. The van der Waals surface area contributed by atoms with Crippen molar-refractivity contribution in [2.24, 2.45) is 22.7 Å². The molecule has 1 N–H and O–H groups in total. The number of carbonyl (C=O) groups excluding carboxylic acids is 2. The zero-order chi connectivity index (χ0) is 23.7. The Morgan fingerprint density at radius 1 is 1.23 bits per heavy atom. The second kappa shape index (κ2) is 7.95. The summed E-state index contributed by atoms with van der Waals surface area (Å²) in [6.07, 6.45) is 8.71. The van der Waals surface area contributed by atoms with E-state index in [1.165, 1.54) is 4.90 Å². The third-order valence-corrected chi connectivity index (χ3v) is 9.52. The highest BCUT2D eigenvalue weighted by atomic mass is 32.2. The molecule has 0 bridgehead atoms. The summed E-state index contributed by atoms with van der Waals surface area (Å²) in [7, 11) is 0. The number of hydrogen-bond acceptors (Lipinski definition) is 5. The van der Waals surface area contributed by atoms with E-state index in [2.05, 4.69) is 17.4 Å². The van der Waals surface area contributed by atoms with Gasteiger partial charge in [0.15, 0.2) is 0 Å². The molecule has 0 radical (unpaired) electrons. The number of rotatable bonds is 5. The van der Waals surface area contributed by atoms with Crippen LogP contribution in [0.2, 0.25) is 0 Å². The Balaban J connectivity index is 1.07. The quantitative estimate of drug-likeness (QED) is 0.663. The smallest absolute Gasteiger partial charge is 0.256 e. The third kappa shape index (κ3) is 3.72. The monoisotopic (exact) mass is 492 g/mol. The van der Waals surface area contributed by atoms with Crippen molar-refractivity contribution in [2.45, 2.75) is 54.3 Å². The number of allylic oxidation sites excluding steroid dienone is 1. The molecule has 3 aliphatic heterocycles. The lowest BCUT2D eigenvalue weighted by Crippen LogP contribution is -2.41. The van der Waals surface area contributed by atoms with Crippen LogP contribution in [0.15, 0.2) is 57.7 Å². The first-order valence-electron chi connectivity index (χ1n) is 12.8. The van der Waals surface area contributed by atoms with Gasteiger partial charge in [-0.15, -0.1) is 0 Å². The summed E-state index contributed by atoms with van der Waals surface area (Å²) >= 11 is 1.74. The van der Waals surface area contributed by atoms with E-state index < -0.39 is 5.54 Å². The first-order chi connectivity index (χ1) is 17.0. The predicted molar refractivity (Wildman–Crippen MR) is 134 cm³/mol. The summed E-state index contributed by atoms with van der Waals surface area (Å²) < 4.78 is 15.6. The van der Waals surface area contributed by atoms with Crippen LogP contribution in [0.1, 0.15) is 38.5 Å². The Bertz CT molecular complexity index is 1180. The topological polar surface area (TPSA) is 65.0 Å². The predicted octanol–water partition coefficient (Wildman–Crippen LogP) is 4.36. The molecule has 3 aliphatic carbocycles. The molecule has 2 unspecified atom stereocenters. The van der Waals surface area contributed by atoms with Crippen LogP contribution < -0.4 is 5.32 Å². The summed E-state index contributed by atoms with van der Waals surface area (Å²) in [6, 6.07) is 8.17. The van der Waals surface area contributed by atoms with Crippen molar-refractivity contribution >= 4 is 35.1 Å². The molecule has 1 aromatic carbocycles. The van der Waals surface area contributed by atoms with E-state index in [1.54, 1.807) is 22.7 Å². The van der Waals surface area contributed by atoms with Gasteiger partial charge in [-0.05, 0) is 62.7 Å². The van der Waals surface area contributed by atoms with E-state index in [0.717, 1.165) is 44.3 Å². The molecule has 0 aromatic heterocycles. The maximum Gasteiger partial charge on any atom is 0.256 e. The fraction of sp³-hybridized carbons (Fsp3) is 0.519. The highest BCUT2D eigenvalue weighted by Crippen LogP contribution is 2.48. The largest absolute Gasteiger partial charge is 0.372 e. The van der Waals surface area contributed by atoms with Crippen molar-refractivity contribution in [3.05, 3.63) is 47.8 Å². The van der Waals surface area contributed by atoms with E-state index in [1.807, 2.05) is 23.1 Å². The number of amidine groups is 1. The Morgan fingerprint density at radius 3 is 2.80 bits per heavy atom. The summed E-state index contributed by atoms with van der Waals surface area (Å²) in [5, 5.41) is 3.60. The first-order valence-corrected chi connectivity index (χ1v) is 13.7. The van der Waals surface area contributed by atoms with E-state index in [-0.39, 0.29) is 40.8 Å². The molecule has 1 saturated heterocycles. The number of likely N-dealkylation sites (tertiary alicyclic amines) is 1. The van der Waals surface area contributed by atoms with Crippen molar-refractivity contribution in [1.29, 1.82) is 0 Å². The van der Waals surface area contributed by atoms with Gasteiger partial charge in [-0.3, -0.25) is 19.5 Å². The number of benzene rings is 1. The lowest BCUT2D eigenvalue weighted by molar-refractivity contribution is -0.131. The number of para-hydroxylation sites is 1. The Labute approximate surface area is 208 Å². The summed E-state index contributed by atoms with van der Waals surface area (Å²) in [5.74, 6) is 0.945. The first kappa shape index (κ1) is 21.7. The second-order valence-corrected chi connectivity index (χ2v) is 12.0. The summed E-state index contributed by atoms with van der Waals surface area (Å²) in [4.78, 5) is 35.5. The number of halogens is 1. The van der Waals surface area contributed by atoms with Crippen molar-refractivity contribution < 1.29 is 14.0 Å². The molecule has 3 fully saturated rings. The fourth-order valence-corrected chi connectivity index (χ4v) is 7.05. The molecule has 3 heterocycles. The minimum atomic E-state index is -0.667. The van der Waals surface area contributed by atoms with E-state index >= 15 is 4.39 Å². The average molecular weight is 493 g/mol. The minimum Gasteiger partial charge on any atom is -0.372 e. The average Bonchev–Trinajstić information content (AvgIpc) is 3.75. The number of fused-ring (bicyclic) bond motifs is 1. The van der Waals surface area contributed by atoms with Gasteiger partial charge in [-0.25, -0.2) is 4.39 Å². The molecular formula is C27H29FN4O2S. The number of aliphatic imine (C=N–C) groups is 1. The van der Waals surface area contributed by atoms with Gasteiger partial charge >= 0.3 is 0 Å². The highest BCUT2D eigenvalue weighted by molar-refractivity contribution is 8.00. The second-order valence-electron chi connectivity index (χ2n) is 10.8. The lowest BCUT2D eigenvalue weighted by Gasteiger charge is -2.27. The Morgan fingerprint density at radius 2 is 2.06 bits per heavy atom. The van der Waals surface area contributed by atoms with E-state index in [4.69, 9.17) is 4.99 Å². The standard InChI is InChI=1S/C27H29FN4O2S/c28-20-13-18(24-29-21-3-1-2-4-22(21)35-24)7-8-19(20)23-30-27(10-11-27)26(34)32(23)15-16-9-12-31(14-16)25(33)17-5-6-17/h1-4,8,13,16-18,24,29H,5-7,9-12,14-15H2/t16-,18?,24?/m1/s1. The number of thioether (sulfide) groups is 1. The Hall–Kier alpha value is -2.61. The number of anilines is 1. The molecule has 182 valence electrons. The van der Waals surface area contributed by atoms with Crippen molar-refractivity contribution in [3.8, 4) is 0 Å². The van der Waals surface area contributed by atoms with Crippen molar-refractivity contribution in [2.75, 3.05) is 25.0 Å². The molecule has 2 amide bonds. The van der Waals surface area contributed by atoms with Crippen LogP contribution in [0, 0.1) is 17.8 Å². The van der Waals surface area contributed by atoms with Gasteiger partial charge in [0.05, 0.1) is 5.37 Å². The van der Waals surface area contributed by atoms with Gasteiger partial charge in [-0.1, -0.05) is 30.0 Å². The van der Waals surface area contributed by atoms with Gasteiger partial charge < -0.3 is 10.2 Å². The maximum atomic E-state index is 15.6. The normalized spacial score (nSPS) is 30.7. The van der Waals surface area contributed by atoms with Crippen LogP contribution in [-0.4, -0.2) is 58.0 Å². The molecule has 35 heavy (non-hydrogen) atoms. The van der Waals surface area contributed by atoms with Gasteiger partial charge in [0.25, 0.3) is 5.91 Å². The number of amides is 2. The van der Waals surface area contributed by atoms with Gasteiger partial charge in [0.2, 0.25) is 5.91 Å². The van der Waals surface area contributed by atoms with Crippen LogP contribution in [-0.2, 0) is 9.59 Å². The maximum absolute atomic E-state index is 15.6. The van der Waals surface area contributed by atoms with E-state index in [9.17, 15) is 9.59 Å². The molecule has 7 rings (SSSR count). The molecular weight excluding hydrogens is 463 g/mol. The minimum absolute atomic E-state index is 0.0127. The van der Waals surface area contributed by atoms with Crippen LogP contribution >= 0.6 is 11.8 Å². The summed E-state index contributed by atoms with van der Waals surface area (Å²) in [5.41, 5.74) is 0.896. The molecule has 2 saturated carbocycles. The van der Waals surface area contributed by atoms with Crippen LogP contribution in [0.25, 0.3) is 0 Å². The SMILES string of the molecule is O=C(C1CC1)N1CC[C@@H](CN2C(=O)C3(CC3)N=C2C2=CCC(C3Nc4ccccc4S3)C=C2F)C1. The number of hydrogen-bond donors (Lipinski definition) is 1. The molecule has 6 nitrogen and oxygen atoms in total. The third-order valence-electron chi connectivity index (χ3n) is 8.19.